The summed E-state index contributed by atoms with van der Waals surface area (Å²) in [6, 6.07) is 0. The minimum absolute atomic E-state index is 0.202. The Morgan fingerprint density at radius 3 is 2.00 bits per heavy atom. The van der Waals surface area contributed by atoms with Gasteiger partial charge < -0.3 is 4.74 Å². The smallest absolute Gasteiger partial charge is 0.441 e. The number of aromatic nitrogens is 3. The van der Waals surface area contributed by atoms with Gasteiger partial charge in [0.2, 0.25) is 0 Å². The van der Waals surface area contributed by atoms with Crippen molar-refractivity contribution in [3.8, 4) is 0 Å². The van der Waals surface area contributed by atoms with Crippen molar-refractivity contribution < 1.29 is 35.9 Å². The maximum Gasteiger partial charge on any atom is 0.441 e. The van der Waals surface area contributed by atoms with Crippen molar-refractivity contribution in [1.29, 1.82) is 0 Å². The summed E-state index contributed by atoms with van der Waals surface area (Å²) in [6.45, 7) is 0.805. The molecule has 0 spiro atoms. The molecule has 0 aliphatic carbocycles. The molecule has 1 aromatic heterocycles. The minimum atomic E-state index is -5.93. The number of alkyl halides is 6. The number of amides is 1. The third-order valence-corrected chi connectivity index (χ3v) is 2.13. The van der Waals surface area contributed by atoms with E-state index in [1.807, 2.05) is 0 Å². The van der Waals surface area contributed by atoms with E-state index in [1.54, 1.807) is 0 Å². The van der Waals surface area contributed by atoms with Gasteiger partial charge in [-0.2, -0.15) is 26.3 Å². The van der Waals surface area contributed by atoms with Crippen LogP contribution in [0.5, 0.6) is 0 Å². The number of halogens is 6. The number of nitrogens with zero attached hydrogens (tertiary/aromatic N) is 3. The lowest BCUT2D eigenvalue weighted by Crippen LogP contribution is -2.73. The molecule has 0 saturated carbocycles. The topological polar surface area (TPSA) is 81.1 Å². The van der Waals surface area contributed by atoms with Gasteiger partial charge in [-0.25, -0.2) is 9.47 Å². The van der Waals surface area contributed by atoms with Crippen LogP contribution < -0.4 is 10.7 Å². The highest BCUT2D eigenvalue weighted by Crippen LogP contribution is 2.42. The molecule has 0 aliphatic heterocycles. The summed E-state index contributed by atoms with van der Waals surface area (Å²) >= 11 is 0. The van der Waals surface area contributed by atoms with Crippen LogP contribution in [0.4, 0.5) is 31.1 Å². The maximum absolute atomic E-state index is 13.0. The van der Waals surface area contributed by atoms with Crippen molar-refractivity contribution in [3.63, 3.8) is 0 Å². The van der Waals surface area contributed by atoms with Gasteiger partial charge in [-0.15, -0.1) is 10.2 Å². The third kappa shape index (κ3) is 3.46. The van der Waals surface area contributed by atoms with Crippen LogP contribution >= 0.6 is 0 Å². The molecule has 1 amide bonds. The SMILES string of the molecule is CCOC(=O)NC(Nn1cnnc1)(C(F)(F)F)C(F)(F)F. The fourth-order valence-electron chi connectivity index (χ4n) is 1.23. The number of alkyl carbamates (subject to hydrolysis) is 1. The van der Waals surface area contributed by atoms with E-state index in [1.165, 1.54) is 6.92 Å². The van der Waals surface area contributed by atoms with Gasteiger partial charge in [0.1, 0.15) is 12.7 Å². The average Bonchev–Trinajstić information content (AvgIpc) is 2.78. The number of rotatable bonds is 4. The van der Waals surface area contributed by atoms with Crippen LogP contribution in [0.3, 0.4) is 0 Å². The monoisotopic (exact) mass is 321 g/mol. The molecule has 1 rings (SSSR count). The second-order valence-electron chi connectivity index (χ2n) is 3.57. The van der Waals surface area contributed by atoms with E-state index < -0.39 is 30.7 Å². The molecule has 1 heterocycles. The van der Waals surface area contributed by atoms with Crippen LogP contribution in [-0.4, -0.2) is 45.6 Å². The molecule has 2 N–H and O–H groups in total. The largest absolute Gasteiger partial charge is 0.450 e. The first-order chi connectivity index (χ1) is 9.53. The van der Waals surface area contributed by atoms with E-state index >= 15 is 0 Å². The Morgan fingerprint density at radius 2 is 1.62 bits per heavy atom. The first-order valence-corrected chi connectivity index (χ1v) is 5.24. The van der Waals surface area contributed by atoms with Crippen molar-refractivity contribution in [2.45, 2.75) is 24.9 Å². The summed E-state index contributed by atoms with van der Waals surface area (Å²) in [4.78, 5) is 11.1. The zero-order valence-electron chi connectivity index (χ0n) is 10.3. The Morgan fingerprint density at radius 1 is 1.14 bits per heavy atom. The predicted molar refractivity (Wildman–Crippen MR) is 54.4 cm³/mol. The molecule has 0 atom stereocenters. The summed E-state index contributed by atoms with van der Waals surface area (Å²) in [5.41, 5.74) is -3.70. The lowest BCUT2D eigenvalue weighted by Gasteiger charge is -2.38. The standard InChI is InChI=1S/C8H9F6N5O2/c1-2-21-5(20)17-6(7(9,10)11,8(12,13)14)18-19-3-15-16-4-19/h3-4,18H,2H2,1H3,(H,17,20). The molecule has 0 radical (unpaired) electrons. The quantitative estimate of drug-likeness (QED) is 0.647. The highest BCUT2D eigenvalue weighted by Gasteiger charge is 2.73. The van der Waals surface area contributed by atoms with E-state index in [0.717, 1.165) is 10.7 Å². The van der Waals surface area contributed by atoms with Crippen molar-refractivity contribution in [2.24, 2.45) is 0 Å². The zero-order chi connectivity index (χ0) is 16.3. The van der Waals surface area contributed by atoms with E-state index in [2.05, 4.69) is 14.9 Å². The molecule has 21 heavy (non-hydrogen) atoms. The van der Waals surface area contributed by atoms with Gasteiger partial charge in [-0.3, -0.25) is 10.7 Å². The van der Waals surface area contributed by atoms with E-state index in [4.69, 9.17) is 0 Å². The van der Waals surface area contributed by atoms with Crippen molar-refractivity contribution in [1.82, 2.24) is 20.2 Å². The second kappa shape index (κ2) is 5.65. The van der Waals surface area contributed by atoms with Crippen LogP contribution in [0.25, 0.3) is 0 Å². The lowest BCUT2D eigenvalue weighted by atomic mass is 10.1. The number of nitrogens with one attached hydrogen (secondary N) is 2. The van der Waals surface area contributed by atoms with Crippen LogP contribution in [0, 0.1) is 0 Å². The van der Waals surface area contributed by atoms with Gasteiger partial charge in [0.15, 0.2) is 0 Å². The molecular weight excluding hydrogens is 312 g/mol. The van der Waals surface area contributed by atoms with Gasteiger partial charge in [0, 0.05) is 0 Å². The van der Waals surface area contributed by atoms with Crippen LogP contribution in [0.15, 0.2) is 12.7 Å². The molecule has 7 nitrogen and oxygen atoms in total. The van der Waals surface area contributed by atoms with Crippen molar-refractivity contribution in [3.05, 3.63) is 12.7 Å². The Hall–Kier alpha value is -2.21. The zero-order valence-corrected chi connectivity index (χ0v) is 10.3. The van der Waals surface area contributed by atoms with Crippen LogP contribution in [0.1, 0.15) is 6.92 Å². The average molecular weight is 321 g/mol. The summed E-state index contributed by atoms with van der Waals surface area (Å²) in [5.74, 6) is 0. The highest BCUT2D eigenvalue weighted by atomic mass is 19.4. The van der Waals surface area contributed by atoms with E-state index in [0.29, 0.717) is 12.7 Å². The van der Waals surface area contributed by atoms with Gasteiger partial charge in [0.25, 0.3) is 0 Å². The summed E-state index contributed by atoms with van der Waals surface area (Å²) in [6.07, 6.45) is -12.6. The van der Waals surface area contributed by atoms with Crippen LogP contribution in [-0.2, 0) is 4.74 Å². The molecular formula is C8H9F6N5O2. The fourth-order valence-corrected chi connectivity index (χ4v) is 1.23. The molecule has 13 heteroatoms. The molecule has 0 unspecified atom stereocenters. The van der Waals surface area contributed by atoms with Gasteiger partial charge in [-0.05, 0) is 6.92 Å². The Balaban J connectivity index is 3.25. The second-order valence-corrected chi connectivity index (χ2v) is 3.57. The normalized spacial score (nSPS) is 12.9. The fraction of sp³-hybridized carbons (Fsp3) is 0.625. The molecule has 0 aromatic carbocycles. The summed E-state index contributed by atoms with van der Waals surface area (Å²) in [7, 11) is 0. The van der Waals surface area contributed by atoms with Gasteiger partial charge in [-0.1, -0.05) is 0 Å². The molecule has 1 aromatic rings. The predicted octanol–water partition coefficient (Wildman–Crippen LogP) is 1.39. The van der Waals surface area contributed by atoms with Gasteiger partial charge >= 0.3 is 24.1 Å². The Labute approximate surface area is 113 Å². The first-order valence-electron chi connectivity index (χ1n) is 5.24. The van der Waals surface area contributed by atoms with Crippen molar-refractivity contribution >= 4 is 6.09 Å². The molecule has 120 valence electrons. The van der Waals surface area contributed by atoms with E-state index in [9.17, 15) is 31.1 Å². The molecule has 0 aliphatic rings. The number of carbonyl (C=O) groups is 1. The van der Waals surface area contributed by atoms with Crippen LogP contribution in [0.2, 0.25) is 0 Å². The Kier molecular flexibility index (Phi) is 4.53. The first kappa shape index (κ1) is 16.8. The lowest BCUT2D eigenvalue weighted by molar-refractivity contribution is -0.298. The number of carbonyl (C=O) groups excluding carboxylic acids is 1. The minimum Gasteiger partial charge on any atom is -0.450 e. The molecule has 0 fully saturated rings. The van der Waals surface area contributed by atoms with Crippen molar-refractivity contribution in [2.75, 3.05) is 12.0 Å². The van der Waals surface area contributed by atoms with E-state index in [-0.39, 0.29) is 4.68 Å². The molecule has 0 saturated heterocycles. The number of hydrogen-bond acceptors (Lipinski definition) is 5. The number of hydrogen-bond donors (Lipinski definition) is 2. The van der Waals surface area contributed by atoms with Gasteiger partial charge in [0.05, 0.1) is 6.61 Å². The Bertz CT molecular complexity index is 456. The summed E-state index contributed by atoms with van der Waals surface area (Å²) in [5, 5.41) is 6.87. The number of ether oxygens (including phenoxy) is 1. The maximum atomic E-state index is 13.0. The highest BCUT2D eigenvalue weighted by molar-refractivity contribution is 5.69. The summed E-state index contributed by atoms with van der Waals surface area (Å²) < 4.78 is 82.0. The molecule has 0 bridgehead atoms. The third-order valence-electron chi connectivity index (χ3n) is 2.13.